The molecule has 0 aliphatic rings. The molecule has 0 aliphatic carbocycles. The van der Waals surface area contributed by atoms with Crippen LogP contribution in [-0.2, 0) is 11.3 Å². The van der Waals surface area contributed by atoms with E-state index in [0.717, 1.165) is 10.0 Å². The molecule has 1 amide bonds. The van der Waals surface area contributed by atoms with Crippen LogP contribution in [0.2, 0.25) is 5.02 Å². The first-order valence-electron chi connectivity index (χ1n) is 4.47. The highest BCUT2D eigenvalue weighted by Gasteiger charge is 2.08. The summed E-state index contributed by atoms with van der Waals surface area (Å²) in [5.74, 6) is -0.361. The molecule has 0 aromatic heterocycles. The Kier molecular flexibility index (Phi) is 4.57. The van der Waals surface area contributed by atoms with Crippen molar-refractivity contribution in [3.8, 4) is 0 Å². The van der Waals surface area contributed by atoms with E-state index in [1.165, 1.54) is 0 Å². The number of nitrogens with one attached hydrogen (secondary N) is 1. The number of hydrogen-bond acceptors (Lipinski definition) is 2. The van der Waals surface area contributed by atoms with Crippen LogP contribution in [0.5, 0.6) is 0 Å². The van der Waals surface area contributed by atoms with Gasteiger partial charge < -0.3 is 11.1 Å². The van der Waals surface area contributed by atoms with Crippen LogP contribution in [0.15, 0.2) is 22.7 Å². The normalized spacial score (nSPS) is 12.5. The zero-order chi connectivity index (χ0) is 11.4. The summed E-state index contributed by atoms with van der Waals surface area (Å²) in [6.07, 6.45) is 0. The van der Waals surface area contributed by atoms with E-state index in [-0.39, 0.29) is 11.9 Å². The van der Waals surface area contributed by atoms with E-state index in [9.17, 15) is 4.79 Å². The zero-order valence-corrected chi connectivity index (χ0v) is 10.6. The first-order chi connectivity index (χ1) is 7.00. The monoisotopic (exact) mass is 290 g/mol. The molecule has 5 heteroatoms. The number of rotatable bonds is 4. The van der Waals surface area contributed by atoms with Crippen LogP contribution in [0.1, 0.15) is 12.5 Å². The summed E-state index contributed by atoms with van der Waals surface area (Å²) in [6, 6.07) is 5.17. The van der Waals surface area contributed by atoms with Crippen molar-refractivity contribution in [1.29, 1.82) is 0 Å². The van der Waals surface area contributed by atoms with E-state index in [1.807, 2.05) is 12.1 Å². The van der Waals surface area contributed by atoms with E-state index < -0.39 is 0 Å². The molecule has 3 N–H and O–H groups in total. The zero-order valence-electron chi connectivity index (χ0n) is 8.26. The molecule has 1 rings (SSSR count). The topological polar surface area (TPSA) is 55.1 Å². The summed E-state index contributed by atoms with van der Waals surface area (Å²) in [5.41, 5.74) is 6.16. The number of primary amides is 1. The summed E-state index contributed by atoms with van der Waals surface area (Å²) in [7, 11) is 0. The summed E-state index contributed by atoms with van der Waals surface area (Å²) < 4.78 is 0.916. The average Bonchev–Trinajstić information content (AvgIpc) is 2.15. The SMILES string of the molecule is CC(NCc1ccc(Cl)cc1Br)C(N)=O. The molecule has 0 spiro atoms. The van der Waals surface area contributed by atoms with Crippen LogP contribution in [0, 0.1) is 0 Å². The predicted molar refractivity (Wildman–Crippen MR) is 64.6 cm³/mol. The smallest absolute Gasteiger partial charge is 0.234 e. The van der Waals surface area contributed by atoms with E-state index in [2.05, 4.69) is 21.2 Å². The molecule has 3 nitrogen and oxygen atoms in total. The maximum absolute atomic E-state index is 10.8. The Labute approximate surface area is 102 Å². The van der Waals surface area contributed by atoms with Gasteiger partial charge in [0.25, 0.3) is 0 Å². The molecular formula is C10H12BrClN2O. The van der Waals surface area contributed by atoms with E-state index in [0.29, 0.717) is 11.6 Å². The molecule has 0 saturated carbocycles. The van der Waals surface area contributed by atoms with Gasteiger partial charge >= 0.3 is 0 Å². The van der Waals surface area contributed by atoms with Gasteiger partial charge in [0.2, 0.25) is 5.91 Å². The third-order valence-corrected chi connectivity index (χ3v) is 3.01. The highest BCUT2D eigenvalue weighted by atomic mass is 79.9. The lowest BCUT2D eigenvalue weighted by molar-refractivity contribution is -0.119. The third kappa shape index (κ3) is 3.81. The van der Waals surface area contributed by atoms with Gasteiger partial charge in [-0.1, -0.05) is 33.6 Å². The fourth-order valence-electron chi connectivity index (χ4n) is 1.03. The summed E-state index contributed by atoms with van der Waals surface area (Å²) in [4.78, 5) is 10.8. The fraction of sp³-hybridized carbons (Fsp3) is 0.300. The lowest BCUT2D eigenvalue weighted by atomic mass is 10.2. The van der Waals surface area contributed by atoms with Crippen molar-refractivity contribution in [2.24, 2.45) is 5.73 Å². The predicted octanol–water partition coefficient (Wildman–Crippen LogP) is 2.07. The number of hydrogen-bond donors (Lipinski definition) is 2. The van der Waals surface area contributed by atoms with Crippen LogP contribution in [-0.4, -0.2) is 11.9 Å². The van der Waals surface area contributed by atoms with Gasteiger partial charge in [-0.25, -0.2) is 0 Å². The Morgan fingerprint density at radius 1 is 1.67 bits per heavy atom. The third-order valence-electron chi connectivity index (χ3n) is 2.04. The first-order valence-corrected chi connectivity index (χ1v) is 5.64. The fourth-order valence-corrected chi connectivity index (χ4v) is 1.85. The second-order valence-corrected chi connectivity index (χ2v) is 4.53. The molecular weight excluding hydrogens is 279 g/mol. The number of halogens is 2. The maximum atomic E-state index is 10.8. The van der Waals surface area contributed by atoms with Gasteiger partial charge in [-0.15, -0.1) is 0 Å². The van der Waals surface area contributed by atoms with Gasteiger partial charge in [0.05, 0.1) is 6.04 Å². The largest absolute Gasteiger partial charge is 0.368 e. The standard InChI is InChI=1S/C10H12BrClN2O/c1-6(10(13)15)14-5-7-2-3-8(12)4-9(7)11/h2-4,6,14H,5H2,1H3,(H2,13,15). The van der Waals surface area contributed by atoms with Crippen LogP contribution in [0.4, 0.5) is 0 Å². The Morgan fingerprint density at radius 3 is 2.87 bits per heavy atom. The molecule has 1 aromatic carbocycles. The quantitative estimate of drug-likeness (QED) is 0.892. The van der Waals surface area contributed by atoms with Gasteiger partial charge in [-0.3, -0.25) is 4.79 Å². The molecule has 1 aromatic rings. The van der Waals surface area contributed by atoms with Crippen molar-refractivity contribution in [3.63, 3.8) is 0 Å². The number of nitrogens with two attached hydrogens (primary N) is 1. The Hall–Kier alpha value is -0.580. The Balaban J connectivity index is 2.62. The summed E-state index contributed by atoms with van der Waals surface area (Å²) >= 11 is 9.20. The van der Waals surface area contributed by atoms with Crippen LogP contribution >= 0.6 is 27.5 Å². The van der Waals surface area contributed by atoms with Gasteiger partial charge in [0.1, 0.15) is 0 Å². The molecule has 0 bridgehead atoms. The molecule has 15 heavy (non-hydrogen) atoms. The number of carbonyl (C=O) groups excluding carboxylic acids is 1. The van der Waals surface area contributed by atoms with Gasteiger partial charge in [0, 0.05) is 16.0 Å². The molecule has 82 valence electrons. The number of benzene rings is 1. The molecule has 1 atom stereocenters. The van der Waals surface area contributed by atoms with E-state index in [4.69, 9.17) is 17.3 Å². The van der Waals surface area contributed by atoms with Crippen LogP contribution < -0.4 is 11.1 Å². The van der Waals surface area contributed by atoms with Crippen molar-refractivity contribution in [2.75, 3.05) is 0 Å². The lowest BCUT2D eigenvalue weighted by Crippen LogP contribution is -2.38. The molecule has 0 fully saturated rings. The van der Waals surface area contributed by atoms with E-state index >= 15 is 0 Å². The first kappa shape index (κ1) is 12.5. The minimum Gasteiger partial charge on any atom is -0.368 e. The second kappa shape index (κ2) is 5.49. The minimum atomic E-state index is -0.361. The van der Waals surface area contributed by atoms with Gasteiger partial charge in [0.15, 0.2) is 0 Å². The average molecular weight is 292 g/mol. The highest BCUT2D eigenvalue weighted by molar-refractivity contribution is 9.10. The summed E-state index contributed by atoms with van der Waals surface area (Å²) in [5, 5.41) is 3.69. The molecule has 0 heterocycles. The van der Waals surface area contributed by atoms with Gasteiger partial charge in [-0.05, 0) is 24.6 Å². The van der Waals surface area contributed by atoms with Crippen molar-refractivity contribution >= 4 is 33.4 Å². The van der Waals surface area contributed by atoms with Crippen LogP contribution in [0.3, 0.4) is 0 Å². The number of amides is 1. The van der Waals surface area contributed by atoms with Crippen molar-refractivity contribution < 1.29 is 4.79 Å². The highest BCUT2D eigenvalue weighted by Crippen LogP contribution is 2.21. The van der Waals surface area contributed by atoms with Crippen molar-refractivity contribution in [3.05, 3.63) is 33.3 Å². The minimum absolute atomic E-state index is 0.340. The van der Waals surface area contributed by atoms with Crippen molar-refractivity contribution in [1.82, 2.24) is 5.32 Å². The Morgan fingerprint density at radius 2 is 2.33 bits per heavy atom. The molecule has 1 unspecified atom stereocenters. The molecule has 0 radical (unpaired) electrons. The number of carbonyl (C=O) groups is 1. The maximum Gasteiger partial charge on any atom is 0.234 e. The van der Waals surface area contributed by atoms with Crippen molar-refractivity contribution in [2.45, 2.75) is 19.5 Å². The lowest BCUT2D eigenvalue weighted by Gasteiger charge is -2.11. The van der Waals surface area contributed by atoms with Crippen LogP contribution in [0.25, 0.3) is 0 Å². The summed E-state index contributed by atoms with van der Waals surface area (Å²) in [6.45, 7) is 2.30. The molecule has 0 saturated heterocycles. The molecule has 0 aliphatic heterocycles. The van der Waals surface area contributed by atoms with Gasteiger partial charge in [-0.2, -0.15) is 0 Å². The second-order valence-electron chi connectivity index (χ2n) is 3.24. The van der Waals surface area contributed by atoms with E-state index in [1.54, 1.807) is 13.0 Å². The Bertz CT molecular complexity index is 370.